The lowest BCUT2D eigenvalue weighted by molar-refractivity contribution is -0.116. The van der Waals surface area contributed by atoms with Crippen molar-refractivity contribution in [2.75, 3.05) is 11.9 Å². The number of fused-ring (bicyclic) bond motifs is 1. The third-order valence-corrected chi connectivity index (χ3v) is 4.15. The van der Waals surface area contributed by atoms with Crippen molar-refractivity contribution in [2.24, 2.45) is 0 Å². The Morgan fingerprint density at radius 2 is 2.08 bits per heavy atom. The van der Waals surface area contributed by atoms with Gasteiger partial charge < -0.3 is 10.1 Å². The Morgan fingerprint density at radius 1 is 1.29 bits per heavy atom. The number of aromatic nitrogens is 4. The molecule has 0 unspecified atom stereocenters. The fraction of sp³-hybridized carbons (Fsp3) is 0.267. The molecule has 2 aromatic heterocycles. The first kappa shape index (κ1) is 16.1. The van der Waals surface area contributed by atoms with Crippen LogP contribution in [0.2, 0.25) is 0 Å². The predicted octanol–water partition coefficient (Wildman–Crippen LogP) is 1.93. The third kappa shape index (κ3) is 3.74. The zero-order valence-electron chi connectivity index (χ0n) is 12.9. The minimum absolute atomic E-state index is 0.121. The fourth-order valence-corrected chi connectivity index (χ4v) is 2.86. The second kappa shape index (κ2) is 7.18. The maximum absolute atomic E-state index is 12.0. The van der Waals surface area contributed by atoms with Gasteiger partial charge in [-0.15, -0.1) is 10.2 Å². The summed E-state index contributed by atoms with van der Waals surface area (Å²) < 4.78 is 6.50. The minimum Gasteiger partial charge on any atom is -0.462 e. The molecule has 0 atom stereocenters. The molecule has 0 radical (unpaired) electrons. The lowest BCUT2D eigenvalue weighted by atomic mass is 10.2. The molecule has 0 fully saturated rings. The SMILES string of the molecule is CCOC(=O)c1ccc(NC(=O)CCc2nn3cnnc3s2)cc1. The molecule has 3 aromatic rings. The van der Waals surface area contributed by atoms with E-state index in [1.807, 2.05) is 0 Å². The highest BCUT2D eigenvalue weighted by atomic mass is 32.1. The van der Waals surface area contributed by atoms with Crippen LogP contribution in [0.25, 0.3) is 4.96 Å². The summed E-state index contributed by atoms with van der Waals surface area (Å²) in [5.74, 6) is -0.497. The highest BCUT2D eigenvalue weighted by Gasteiger charge is 2.10. The van der Waals surface area contributed by atoms with Crippen molar-refractivity contribution >= 4 is 33.9 Å². The molecule has 1 N–H and O–H groups in total. The van der Waals surface area contributed by atoms with Crippen molar-refractivity contribution in [3.8, 4) is 0 Å². The van der Waals surface area contributed by atoms with Crippen molar-refractivity contribution in [3.05, 3.63) is 41.2 Å². The lowest BCUT2D eigenvalue weighted by Crippen LogP contribution is -2.12. The Labute approximate surface area is 141 Å². The van der Waals surface area contributed by atoms with Gasteiger partial charge >= 0.3 is 5.97 Å². The molecule has 0 saturated heterocycles. The molecule has 8 nitrogen and oxygen atoms in total. The molecule has 124 valence electrons. The Hall–Kier alpha value is -2.81. The maximum atomic E-state index is 12.0. The normalized spacial score (nSPS) is 10.7. The van der Waals surface area contributed by atoms with Gasteiger partial charge in [-0.2, -0.15) is 9.61 Å². The number of aryl methyl sites for hydroxylation is 1. The van der Waals surface area contributed by atoms with Crippen molar-refractivity contribution in [1.29, 1.82) is 0 Å². The summed E-state index contributed by atoms with van der Waals surface area (Å²) in [6.07, 6.45) is 2.37. The second-order valence-corrected chi connectivity index (χ2v) is 5.94. The summed E-state index contributed by atoms with van der Waals surface area (Å²) in [7, 11) is 0. The van der Waals surface area contributed by atoms with E-state index in [4.69, 9.17) is 4.74 Å². The number of carbonyl (C=O) groups is 2. The van der Waals surface area contributed by atoms with Gasteiger partial charge in [-0.1, -0.05) is 11.3 Å². The number of anilines is 1. The standard InChI is InChI=1S/C15H15N5O3S/c1-2-23-14(22)10-3-5-11(6-4-10)17-12(21)7-8-13-19-20-9-16-18-15(20)24-13/h3-6,9H,2,7-8H2,1H3,(H,17,21). The Kier molecular flexibility index (Phi) is 4.80. The average molecular weight is 345 g/mol. The van der Waals surface area contributed by atoms with Crippen molar-refractivity contribution in [2.45, 2.75) is 19.8 Å². The molecule has 0 aliphatic rings. The van der Waals surface area contributed by atoms with Crippen LogP contribution in [0, 0.1) is 0 Å². The Balaban J connectivity index is 1.52. The summed E-state index contributed by atoms with van der Waals surface area (Å²) in [5.41, 5.74) is 1.08. The van der Waals surface area contributed by atoms with Crippen LogP contribution in [0.15, 0.2) is 30.6 Å². The van der Waals surface area contributed by atoms with E-state index in [1.54, 1.807) is 35.7 Å². The number of amides is 1. The van der Waals surface area contributed by atoms with Gasteiger partial charge in [-0.05, 0) is 31.2 Å². The van der Waals surface area contributed by atoms with Crippen LogP contribution in [0.4, 0.5) is 5.69 Å². The molecule has 1 aromatic carbocycles. The largest absolute Gasteiger partial charge is 0.462 e. The number of benzene rings is 1. The zero-order chi connectivity index (χ0) is 16.9. The molecule has 24 heavy (non-hydrogen) atoms. The van der Waals surface area contributed by atoms with Crippen LogP contribution in [-0.4, -0.2) is 38.3 Å². The number of hydrogen-bond donors (Lipinski definition) is 1. The average Bonchev–Trinajstić information content (AvgIpc) is 3.15. The molecule has 9 heteroatoms. The first-order valence-electron chi connectivity index (χ1n) is 7.38. The van der Waals surface area contributed by atoms with E-state index >= 15 is 0 Å². The lowest BCUT2D eigenvalue weighted by Gasteiger charge is -2.06. The molecule has 0 spiro atoms. The number of esters is 1. The van der Waals surface area contributed by atoms with Crippen molar-refractivity contribution in [1.82, 2.24) is 19.8 Å². The van der Waals surface area contributed by atoms with Crippen LogP contribution in [0.3, 0.4) is 0 Å². The van der Waals surface area contributed by atoms with Gasteiger partial charge in [-0.3, -0.25) is 4.79 Å². The van der Waals surface area contributed by atoms with Crippen LogP contribution >= 0.6 is 11.3 Å². The van der Waals surface area contributed by atoms with E-state index in [0.29, 0.717) is 35.7 Å². The molecule has 0 bridgehead atoms. The van der Waals surface area contributed by atoms with Crippen LogP contribution in [0.1, 0.15) is 28.7 Å². The van der Waals surface area contributed by atoms with Crippen molar-refractivity contribution < 1.29 is 14.3 Å². The van der Waals surface area contributed by atoms with E-state index in [9.17, 15) is 9.59 Å². The molecule has 2 heterocycles. The molecule has 0 saturated carbocycles. The fourth-order valence-electron chi connectivity index (χ4n) is 2.05. The summed E-state index contributed by atoms with van der Waals surface area (Å²) >= 11 is 1.41. The van der Waals surface area contributed by atoms with E-state index in [1.165, 1.54) is 17.7 Å². The molecule has 1 amide bonds. The van der Waals surface area contributed by atoms with Gasteiger partial charge in [0, 0.05) is 18.5 Å². The highest BCUT2D eigenvalue weighted by molar-refractivity contribution is 7.16. The predicted molar refractivity (Wildman–Crippen MR) is 88.0 cm³/mol. The molecule has 0 aliphatic carbocycles. The summed E-state index contributed by atoms with van der Waals surface area (Å²) in [5, 5.41) is 15.5. The minimum atomic E-state index is -0.376. The van der Waals surface area contributed by atoms with E-state index in [2.05, 4.69) is 20.6 Å². The first-order valence-corrected chi connectivity index (χ1v) is 8.20. The summed E-state index contributed by atoms with van der Waals surface area (Å²) in [6, 6.07) is 6.59. The van der Waals surface area contributed by atoms with Gasteiger partial charge in [0.2, 0.25) is 10.9 Å². The molecule has 0 aliphatic heterocycles. The van der Waals surface area contributed by atoms with Crippen LogP contribution in [-0.2, 0) is 16.0 Å². The van der Waals surface area contributed by atoms with Gasteiger partial charge in [0.15, 0.2) is 0 Å². The second-order valence-electron chi connectivity index (χ2n) is 4.90. The van der Waals surface area contributed by atoms with Crippen LogP contribution < -0.4 is 5.32 Å². The molecule has 3 rings (SSSR count). The van der Waals surface area contributed by atoms with E-state index in [-0.39, 0.29) is 11.9 Å². The van der Waals surface area contributed by atoms with Crippen LogP contribution in [0.5, 0.6) is 0 Å². The number of nitrogens with one attached hydrogen (secondary N) is 1. The van der Waals surface area contributed by atoms with Gasteiger partial charge in [0.25, 0.3) is 0 Å². The molecular weight excluding hydrogens is 330 g/mol. The smallest absolute Gasteiger partial charge is 0.338 e. The summed E-state index contributed by atoms with van der Waals surface area (Å²) in [4.78, 5) is 24.3. The topological polar surface area (TPSA) is 98.5 Å². The number of carbonyl (C=O) groups excluding carboxylic acids is 2. The quantitative estimate of drug-likeness (QED) is 0.686. The maximum Gasteiger partial charge on any atom is 0.338 e. The van der Waals surface area contributed by atoms with E-state index < -0.39 is 0 Å². The zero-order valence-corrected chi connectivity index (χ0v) is 13.7. The van der Waals surface area contributed by atoms with Gasteiger partial charge in [-0.25, -0.2) is 4.79 Å². The number of hydrogen-bond acceptors (Lipinski definition) is 7. The first-order chi connectivity index (χ1) is 11.7. The highest BCUT2D eigenvalue weighted by Crippen LogP contribution is 2.15. The number of ether oxygens (including phenoxy) is 1. The number of rotatable bonds is 6. The monoisotopic (exact) mass is 345 g/mol. The van der Waals surface area contributed by atoms with E-state index in [0.717, 1.165) is 5.01 Å². The molecular formula is C15H15N5O3S. The summed E-state index contributed by atoms with van der Waals surface area (Å²) in [6.45, 7) is 2.08. The Bertz CT molecular complexity index is 827. The van der Waals surface area contributed by atoms with Gasteiger partial charge in [0.05, 0.1) is 12.2 Å². The number of nitrogens with zero attached hydrogens (tertiary/aromatic N) is 4. The van der Waals surface area contributed by atoms with Crippen molar-refractivity contribution in [3.63, 3.8) is 0 Å². The third-order valence-electron chi connectivity index (χ3n) is 3.17. The Morgan fingerprint density at radius 3 is 2.79 bits per heavy atom. The van der Waals surface area contributed by atoms with Gasteiger partial charge in [0.1, 0.15) is 11.3 Å².